The first-order valence-electron chi connectivity index (χ1n) is 8.32. The van der Waals surface area contributed by atoms with Crippen molar-refractivity contribution in [2.75, 3.05) is 5.32 Å². The Balaban J connectivity index is 2.13. The number of hydrogen-bond acceptors (Lipinski definition) is 3. The van der Waals surface area contributed by atoms with Crippen molar-refractivity contribution in [1.29, 1.82) is 0 Å². The molecular weight excluding hydrogens is 436 g/mol. The lowest BCUT2D eigenvalue weighted by molar-refractivity contribution is -0.141. The zero-order valence-electron chi connectivity index (χ0n) is 14.9. The maximum absolute atomic E-state index is 13.3. The van der Waals surface area contributed by atoms with Gasteiger partial charge >= 0.3 is 12.4 Å². The molecule has 0 aliphatic rings. The molecule has 11 heteroatoms. The second-order valence-corrected chi connectivity index (χ2v) is 6.55. The van der Waals surface area contributed by atoms with Crippen LogP contribution in [0.2, 0.25) is 5.02 Å². The molecule has 0 radical (unpaired) electrons. The van der Waals surface area contributed by atoms with Crippen LogP contribution in [0.1, 0.15) is 16.8 Å². The Morgan fingerprint density at radius 2 is 1.60 bits per heavy atom. The van der Waals surface area contributed by atoms with Gasteiger partial charge < -0.3 is 5.32 Å². The number of anilines is 2. The van der Waals surface area contributed by atoms with Crippen LogP contribution in [0.25, 0.3) is 0 Å². The smallest absolute Gasteiger partial charge is 0.325 e. The summed E-state index contributed by atoms with van der Waals surface area (Å²) in [6.07, 6.45) is -9.70. The van der Waals surface area contributed by atoms with Crippen molar-refractivity contribution in [1.82, 2.24) is 9.55 Å². The van der Waals surface area contributed by atoms with Gasteiger partial charge in [-0.25, -0.2) is 4.98 Å². The highest BCUT2D eigenvalue weighted by atomic mass is 35.5. The summed E-state index contributed by atoms with van der Waals surface area (Å²) in [5, 5.41) is 1.25. The van der Waals surface area contributed by atoms with Gasteiger partial charge in [0, 0.05) is 5.69 Å². The summed E-state index contributed by atoms with van der Waals surface area (Å²) >= 11 is 5.62. The molecule has 0 spiro atoms. The second-order valence-electron chi connectivity index (χ2n) is 6.18. The number of rotatable bonds is 4. The molecule has 0 aliphatic heterocycles. The van der Waals surface area contributed by atoms with E-state index in [0.717, 1.165) is 16.7 Å². The zero-order chi connectivity index (χ0) is 22.1. The minimum atomic E-state index is -5.04. The SMILES string of the molecule is O=c1c(Cl)c(C(F)(F)F)nc(Nc2cccc(C(F)(F)F)c2)n1Cc1ccccc1. The lowest BCUT2D eigenvalue weighted by Crippen LogP contribution is -2.29. The highest BCUT2D eigenvalue weighted by molar-refractivity contribution is 6.31. The van der Waals surface area contributed by atoms with Crippen LogP contribution in [0.5, 0.6) is 0 Å². The number of benzene rings is 2. The van der Waals surface area contributed by atoms with E-state index in [1.54, 1.807) is 30.3 Å². The van der Waals surface area contributed by atoms with Gasteiger partial charge in [0.2, 0.25) is 5.95 Å². The molecule has 0 fully saturated rings. The Hall–Kier alpha value is -3.01. The van der Waals surface area contributed by atoms with Crippen molar-refractivity contribution in [3.8, 4) is 0 Å². The number of nitrogens with one attached hydrogen (secondary N) is 1. The molecule has 0 saturated carbocycles. The van der Waals surface area contributed by atoms with Gasteiger partial charge in [0.05, 0.1) is 12.1 Å². The molecule has 1 N–H and O–H groups in total. The largest absolute Gasteiger partial charge is 0.435 e. The van der Waals surface area contributed by atoms with Crippen LogP contribution in [0.15, 0.2) is 59.4 Å². The van der Waals surface area contributed by atoms with Crippen LogP contribution in [0.4, 0.5) is 38.0 Å². The van der Waals surface area contributed by atoms with Crippen LogP contribution in [0, 0.1) is 0 Å². The summed E-state index contributed by atoms with van der Waals surface area (Å²) in [7, 11) is 0. The Morgan fingerprint density at radius 1 is 0.933 bits per heavy atom. The highest BCUT2D eigenvalue weighted by Gasteiger charge is 2.38. The lowest BCUT2D eigenvalue weighted by atomic mass is 10.2. The van der Waals surface area contributed by atoms with Gasteiger partial charge in [-0.2, -0.15) is 26.3 Å². The summed E-state index contributed by atoms with van der Waals surface area (Å²) in [5.41, 5.74) is -3.49. The van der Waals surface area contributed by atoms with E-state index >= 15 is 0 Å². The van der Waals surface area contributed by atoms with E-state index in [-0.39, 0.29) is 12.2 Å². The minimum absolute atomic E-state index is 0.200. The fourth-order valence-electron chi connectivity index (χ4n) is 2.63. The van der Waals surface area contributed by atoms with Crippen LogP contribution in [-0.2, 0) is 18.9 Å². The Labute approximate surface area is 170 Å². The predicted molar refractivity (Wildman–Crippen MR) is 98.8 cm³/mol. The Bertz CT molecular complexity index is 1110. The predicted octanol–water partition coefficient (Wildman–Crippen LogP) is 5.73. The van der Waals surface area contributed by atoms with E-state index in [1.165, 1.54) is 6.07 Å². The normalized spacial score (nSPS) is 12.1. The van der Waals surface area contributed by atoms with Crippen LogP contribution in [0.3, 0.4) is 0 Å². The van der Waals surface area contributed by atoms with E-state index in [0.29, 0.717) is 11.6 Å². The first-order valence-corrected chi connectivity index (χ1v) is 8.70. The molecule has 4 nitrogen and oxygen atoms in total. The van der Waals surface area contributed by atoms with Gasteiger partial charge in [-0.3, -0.25) is 9.36 Å². The summed E-state index contributed by atoms with van der Waals surface area (Å²) in [5.74, 6) is -0.597. The van der Waals surface area contributed by atoms with Crippen molar-refractivity contribution in [3.05, 3.63) is 86.8 Å². The molecule has 3 rings (SSSR count). The van der Waals surface area contributed by atoms with E-state index in [4.69, 9.17) is 11.6 Å². The molecule has 0 aliphatic carbocycles. The van der Waals surface area contributed by atoms with Gasteiger partial charge in [-0.1, -0.05) is 48.0 Å². The Morgan fingerprint density at radius 3 is 2.20 bits per heavy atom. The third-order valence-electron chi connectivity index (χ3n) is 4.01. The number of nitrogens with zero attached hydrogens (tertiary/aromatic N) is 2. The summed E-state index contributed by atoms with van der Waals surface area (Å²) in [6, 6.07) is 12.0. The van der Waals surface area contributed by atoms with Crippen molar-refractivity contribution < 1.29 is 26.3 Å². The molecule has 158 valence electrons. The molecule has 0 bridgehead atoms. The maximum Gasteiger partial charge on any atom is 0.435 e. The average Bonchev–Trinajstić information content (AvgIpc) is 2.67. The van der Waals surface area contributed by atoms with Gasteiger partial charge in [0.1, 0.15) is 5.02 Å². The molecular formula is C19H12ClF6N3O. The van der Waals surface area contributed by atoms with Crippen LogP contribution >= 0.6 is 11.6 Å². The summed E-state index contributed by atoms with van der Waals surface area (Å²) in [4.78, 5) is 16.0. The monoisotopic (exact) mass is 447 g/mol. The molecule has 1 heterocycles. The Kier molecular flexibility index (Phi) is 5.80. The van der Waals surface area contributed by atoms with Crippen molar-refractivity contribution in [3.63, 3.8) is 0 Å². The number of halogens is 7. The molecule has 0 saturated heterocycles. The highest BCUT2D eigenvalue weighted by Crippen LogP contribution is 2.34. The van der Waals surface area contributed by atoms with Gasteiger partial charge in [-0.15, -0.1) is 0 Å². The number of alkyl halides is 6. The molecule has 0 atom stereocenters. The van der Waals surface area contributed by atoms with Gasteiger partial charge in [-0.05, 0) is 23.8 Å². The van der Waals surface area contributed by atoms with Gasteiger partial charge in [0.25, 0.3) is 5.56 Å². The van der Waals surface area contributed by atoms with Crippen molar-refractivity contribution in [2.45, 2.75) is 18.9 Å². The third-order valence-corrected chi connectivity index (χ3v) is 4.35. The first-order chi connectivity index (χ1) is 14.0. The second kappa shape index (κ2) is 8.02. The molecule has 3 aromatic rings. The summed E-state index contributed by atoms with van der Waals surface area (Å²) < 4.78 is 79.4. The molecule has 0 unspecified atom stereocenters. The standard InChI is InChI=1S/C19H12ClF6N3O/c20-14-15(19(24,25)26)28-17(27-13-8-4-7-12(9-13)18(21,22)23)29(16(14)30)10-11-5-2-1-3-6-11/h1-9H,10H2,(H,27,28). The first kappa shape index (κ1) is 21.7. The molecule has 30 heavy (non-hydrogen) atoms. The molecule has 1 aromatic heterocycles. The topological polar surface area (TPSA) is 46.9 Å². The molecule has 0 amide bonds. The van der Waals surface area contributed by atoms with E-state index < -0.39 is 40.1 Å². The fourth-order valence-corrected chi connectivity index (χ4v) is 2.88. The number of hydrogen-bond donors (Lipinski definition) is 1. The van der Waals surface area contributed by atoms with Crippen molar-refractivity contribution >= 4 is 23.2 Å². The van der Waals surface area contributed by atoms with Crippen molar-refractivity contribution in [2.24, 2.45) is 0 Å². The fraction of sp³-hybridized carbons (Fsp3) is 0.158. The average molecular weight is 448 g/mol. The summed E-state index contributed by atoms with van der Waals surface area (Å²) in [6.45, 7) is -0.203. The van der Waals surface area contributed by atoms with Crippen LogP contribution in [-0.4, -0.2) is 9.55 Å². The zero-order valence-corrected chi connectivity index (χ0v) is 15.6. The van der Waals surface area contributed by atoms with E-state index in [2.05, 4.69) is 10.3 Å². The van der Waals surface area contributed by atoms with Gasteiger partial charge in [0.15, 0.2) is 5.69 Å². The minimum Gasteiger partial charge on any atom is -0.325 e. The quantitative estimate of drug-likeness (QED) is 0.520. The van der Waals surface area contributed by atoms with E-state index in [1.807, 2.05) is 0 Å². The lowest BCUT2D eigenvalue weighted by Gasteiger charge is -2.18. The number of aromatic nitrogens is 2. The maximum atomic E-state index is 13.3. The molecule has 2 aromatic carbocycles. The third kappa shape index (κ3) is 4.76. The van der Waals surface area contributed by atoms with E-state index in [9.17, 15) is 31.1 Å². The van der Waals surface area contributed by atoms with Crippen LogP contribution < -0.4 is 10.9 Å².